The van der Waals surface area contributed by atoms with Crippen molar-refractivity contribution in [2.75, 3.05) is 12.3 Å². The van der Waals surface area contributed by atoms with E-state index in [4.69, 9.17) is 0 Å². The van der Waals surface area contributed by atoms with E-state index in [0.717, 1.165) is 24.6 Å². The average Bonchev–Trinajstić information content (AvgIpc) is 2.21. The van der Waals surface area contributed by atoms with Crippen LogP contribution in [0, 0.1) is 0 Å². The number of hydrogen-bond donors (Lipinski definition) is 1. The van der Waals surface area contributed by atoms with Gasteiger partial charge in [0, 0.05) is 11.8 Å². The maximum absolute atomic E-state index is 4.10. The van der Waals surface area contributed by atoms with Gasteiger partial charge in [0.1, 0.15) is 0 Å². The molecular formula is C13H27NS. The molecule has 0 aromatic heterocycles. The molecule has 0 aliphatic rings. The molecule has 1 N–H and O–H groups in total. The lowest BCUT2D eigenvalue weighted by Gasteiger charge is -2.20. The molecule has 1 atom stereocenters. The lowest BCUT2D eigenvalue weighted by atomic mass is 10.1. The van der Waals surface area contributed by atoms with E-state index in [1.807, 2.05) is 11.8 Å². The van der Waals surface area contributed by atoms with Crippen LogP contribution in [-0.4, -0.2) is 23.6 Å². The summed E-state index contributed by atoms with van der Waals surface area (Å²) in [5.74, 6) is 1.21. The number of hydrogen-bond acceptors (Lipinski definition) is 2. The van der Waals surface area contributed by atoms with Crippen LogP contribution in [0.15, 0.2) is 12.2 Å². The monoisotopic (exact) mass is 229 g/mol. The maximum Gasteiger partial charge on any atom is 0.0195 e. The predicted octanol–water partition coefficient (Wildman–Crippen LogP) is 3.85. The first-order valence-electron chi connectivity index (χ1n) is 6.11. The predicted molar refractivity (Wildman–Crippen MR) is 73.7 cm³/mol. The van der Waals surface area contributed by atoms with Crippen LogP contribution in [0.2, 0.25) is 0 Å². The molecule has 0 saturated carbocycles. The fourth-order valence-corrected chi connectivity index (χ4v) is 2.19. The first-order chi connectivity index (χ1) is 7.10. The Morgan fingerprint density at radius 3 is 2.47 bits per heavy atom. The topological polar surface area (TPSA) is 12.0 Å². The number of nitrogens with one attached hydrogen (secondary N) is 1. The highest BCUT2D eigenvalue weighted by atomic mass is 32.2. The van der Waals surface area contributed by atoms with Crippen molar-refractivity contribution in [1.29, 1.82) is 0 Å². The van der Waals surface area contributed by atoms with Crippen molar-refractivity contribution in [1.82, 2.24) is 5.32 Å². The minimum absolute atomic E-state index is 0.616. The summed E-state index contributed by atoms with van der Waals surface area (Å²) in [4.78, 5) is 0. The summed E-state index contributed by atoms with van der Waals surface area (Å²) in [7, 11) is 0. The van der Waals surface area contributed by atoms with Gasteiger partial charge in [-0.2, -0.15) is 11.8 Å². The highest BCUT2D eigenvalue weighted by Crippen LogP contribution is 2.15. The van der Waals surface area contributed by atoms with E-state index >= 15 is 0 Å². The average molecular weight is 229 g/mol. The Balaban J connectivity index is 3.88. The van der Waals surface area contributed by atoms with Gasteiger partial charge in [-0.05, 0) is 31.1 Å². The lowest BCUT2D eigenvalue weighted by Crippen LogP contribution is -2.32. The summed E-state index contributed by atoms with van der Waals surface area (Å²) in [6, 6.07) is 0.616. The third-order valence-corrected chi connectivity index (χ3v) is 3.61. The largest absolute Gasteiger partial charge is 0.313 e. The molecule has 1 nitrogen and oxygen atoms in total. The molecule has 0 aromatic carbocycles. The van der Waals surface area contributed by atoms with Crippen molar-refractivity contribution in [2.24, 2.45) is 0 Å². The zero-order valence-electron chi connectivity index (χ0n) is 10.8. The third-order valence-electron chi connectivity index (χ3n) is 2.35. The lowest BCUT2D eigenvalue weighted by molar-refractivity contribution is 0.544. The molecule has 0 aromatic rings. The van der Waals surface area contributed by atoms with Gasteiger partial charge in [0.2, 0.25) is 0 Å². The minimum atomic E-state index is 0.616. The molecule has 1 unspecified atom stereocenters. The van der Waals surface area contributed by atoms with Gasteiger partial charge >= 0.3 is 0 Å². The Bertz CT molecular complexity index is 166. The van der Waals surface area contributed by atoms with E-state index in [0.29, 0.717) is 6.04 Å². The Kier molecular flexibility index (Phi) is 9.32. The molecule has 0 saturated heterocycles. The highest BCUT2D eigenvalue weighted by Gasteiger charge is 2.09. The summed E-state index contributed by atoms with van der Waals surface area (Å²) >= 11 is 2.04. The van der Waals surface area contributed by atoms with Crippen LogP contribution >= 0.6 is 11.8 Å². The van der Waals surface area contributed by atoms with Crippen molar-refractivity contribution in [3.63, 3.8) is 0 Å². The molecule has 0 radical (unpaired) electrons. The standard InChI is InChI=1S/C13H27NS/c1-6-8-14-13(9-12(5)7-2)10-15-11(3)4/h11,13-14H,5-10H2,1-4H3. The summed E-state index contributed by atoms with van der Waals surface area (Å²) in [5, 5.41) is 4.34. The summed E-state index contributed by atoms with van der Waals surface area (Å²) in [6.07, 6.45) is 3.45. The molecule has 0 heterocycles. The van der Waals surface area contributed by atoms with Gasteiger partial charge in [0.25, 0.3) is 0 Å². The molecule has 0 aliphatic heterocycles. The Labute approximate surface area is 100 Å². The number of rotatable bonds is 9. The van der Waals surface area contributed by atoms with E-state index in [2.05, 4.69) is 39.6 Å². The maximum atomic E-state index is 4.10. The smallest absolute Gasteiger partial charge is 0.0195 e. The van der Waals surface area contributed by atoms with E-state index in [1.54, 1.807) is 0 Å². The third kappa shape index (κ3) is 9.01. The molecule has 0 amide bonds. The molecule has 0 fully saturated rings. The van der Waals surface area contributed by atoms with Crippen LogP contribution in [0.1, 0.15) is 47.0 Å². The van der Waals surface area contributed by atoms with E-state index < -0.39 is 0 Å². The zero-order chi connectivity index (χ0) is 11.7. The van der Waals surface area contributed by atoms with Gasteiger partial charge in [-0.1, -0.05) is 39.8 Å². The van der Waals surface area contributed by atoms with Crippen molar-refractivity contribution >= 4 is 11.8 Å². The van der Waals surface area contributed by atoms with Gasteiger partial charge < -0.3 is 5.32 Å². The Hall–Kier alpha value is 0.0500. The molecule has 90 valence electrons. The van der Waals surface area contributed by atoms with Crippen LogP contribution in [0.25, 0.3) is 0 Å². The molecule has 0 rings (SSSR count). The van der Waals surface area contributed by atoms with Gasteiger partial charge in [-0.15, -0.1) is 0 Å². The second kappa shape index (κ2) is 9.29. The van der Waals surface area contributed by atoms with Crippen LogP contribution in [0.5, 0.6) is 0 Å². The van der Waals surface area contributed by atoms with Crippen molar-refractivity contribution in [3.8, 4) is 0 Å². The zero-order valence-corrected chi connectivity index (χ0v) is 11.6. The van der Waals surface area contributed by atoms with Gasteiger partial charge in [-0.3, -0.25) is 0 Å². The fraction of sp³-hybridized carbons (Fsp3) is 0.846. The normalized spacial score (nSPS) is 13.1. The van der Waals surface area contributed by atoms with Gasteiger partial charge in [0.05, 0.1) is 0 Å². The summed E-state index contributed by atoms with van der Waals surface area (Å²) in [6.45, 7) is 14.2. The highest BCUT2D eigenvalue weighted by molar-refractivity contribution is 7.99. The van der Waals surface area contributed by atoms with Gasteiger partial charge in [-0.25, -0.2) is 0 Å². The first-order valence-corrected chi connectivity index (χ1v) is 7.16. The second-order valence-corrected chi connectivity index (χ2v) is 5.95. The van der Waals surface area contributed by atoms with E-state index in [1.165, 1.54) is 17.7 Å². The van der Waals surface area contributed by atoms with Crippen molar-refractivity contribution < 1.29 is 0 Å². The first kappa shape index (κ1) is 15.0. The molecule has 0 aliphatic carbocycles. The Morgan fingerprint density at radius 1 is 1.33 bits per heavy atom. The van der Waals surface area contributed by atoms with Crippen LogP contribution in [0.3, 0.4) is 0 Å². The molecule has 0 spiro atoms. The molecular weight excluding hydrogens is 202 g/mol. The number of thioether (sulfide) groups is 1. The van der Waals surface area contributed by atoms with E-state index in [-0.39, 0.29) is 0 Å². The second-order valence-electron chi connectivity index (χ2n) is 4.34. The van der Waals surface area contributed by atoms with Crippen LogP contribution in [0.4, 0.5) is 0 Å². The molecule has 15 heavy (non-hydrogen) atoms. The molecule has 2 heteroatoms. The van der Waals surface area contributed by atoms with Crippen molar-refractivity contribution in [2.45, 2.75) is 58.2 Å². The fourth-order valence-electron chi connectivity index (χ4n) is 1.34. The molecule has 0 bridgehead atoms. The van der Waals surface area contributed by atoms with Gasteiger partial charge in [0.15, 0.2) is 0 Å². The SMILES string of the molecule is C=C(CC)CC(CSC(C)C)NCCC. The Morgan fingerprint density at radius 2 is 2.00 bits per heavy atom. The van der Waals surface area contributed by atoms with Crippen molar-refractivity contribution in [3.05, 3.63) is 12.2 Å². The summed E-state index contributed by atoms with van der Waals surface area (Å²) < 4.78 is 0. The van der Waals surface area contributed by atoms with Crippen LogP contribution in [-0.2, 0) is 0 Å². The minimum Gasteiger partial charge on any atom is -0.313 e. The van der Waals surface area contributed by atoms with E-state index in [9.17, 15) is 0 Å². The summed E-state index contributed by atoms with van der Waals surface area (Å²) in [5.41, 5.74) is 1.37. The van der Waals surface area contributed by atoms with Crippen LogP contribution < -0.4 is 5.32 Å². The quantitative estimate of drug-likeness (QED) is 0.603.